The normalized spacial score (nSPS) is 9.74. The molecule has 0 heterocycles. The van der Waals surface area contributed by atoms with Crippen LogP contribution in [0, 0.1) is 0 Å². The summed E-state index contributed by atoms with van der Waals surface area (Å²) in [6.07, 6.45) is 0.500. The lowest BCUT2D eigenvalue weighted by molar-refractivity contribution is -0.142. The molecule has 19 heavy (non-hydrogen) atoms. The number of carbonyl (C=O) groups excluding carboxylic acids is 2. The zero-order chi connectivity index (χ0) is 14.3. The van der Waals surface area contributed by atoms with Crippen molar-refractivity contribution >= 4 is 17.9 Å². The third kappa shape index (κ3) is 5.67. The molecule has 0 amide bonds. The molecule has 102 valence electrons. The molecular weight excluding hydrogens is 252 g/mol. The SMILES string of the molecule is CC(=O)OCCCC(=O)Oc1ccc(C(=O)O)cc1. The van der Waals surface area contributed by atoms with Crippen LogP contribution < -0.4 is 4.74 Å². The number of carboxylic acids is 1. The molecule has 0 atom stereocenters. The molecule has 0 aromatic heterocycles. The van der Waals surface area contributed by atoms with E-state index in [1.807, 2.05) is 0 Å². The number of hydrogen-bond donors (Lipinski definition) is 1. The predicted octanol–water partition coefficient (Wildman–Crippen LogP) is 1.63. The number of aromatic carboxylic acids is 1. The van der Waals surface area contributed by atoms with Crippen LogP contribution in [0.1, 0.15) is 30.1 Å². The van der Waals surface area contributed by atoms with E-state index in [4.69, 9.17) is 9.84 Å². The molecule has 0 saturated carbocycles. The van der Waals surface area contributed by atoms with E-state index < -0.39 is 17.9 Å². The maximum atomic E-state index is 11.4. The van der Waals surface area contributed by atoms with Crippen molar-refractivity contribution in [1.82, 2.24) is 0 Å². The summed E-state index contributed by atoms with van der Waals surface area (Å²) in [5, 5.41) is 8.70. The molecule has 6 nitrogen and oxygen atoms in total. The smallest absolute Gasteiger partial charge is 0.335 e. The number of esters is 2. The van der Waals surface area contributed by atoms with Crippen LogP contribution in [0.15, 0.2) is 24.3 Å². The Morgan fingerprint density at radius 3 is 2.32 bits per heavy atom. The van der Waals surface area contributed by atoms with Crippen molar-refractivity contribution in [1.29, 1.82) is 0 Å². The first-order chi connectivity index (χ1) is 8.99. The van der Waals surface area contributed by atoms with E-state index in [0.29, 0.717) is 6.42 Å². The number of ether oxygens (including phenoxy) is 2. The second kappa shape index (κ2) is 7.15. The molecule has 1 aromatic carbocycles. The fraction of sp³-hybridized carbons (Fsp3) is 0.308. The Kier molecular flexibility index (Phi) is 5.53. The Balaban J connectivity index is 2.35. The number of rotatable bonds is 6. The van der Waals surface area contributed by atoms with E-state index in [9.17, 15) is 14.4 Å². The van der Waals surface area contributed by atoms with Crippen LogP contribution in [0.2, 0.25) is 0 Å². The minimum absolute atomic E-state index is 0.119. The van der Waals surface area contributed by atoms with Crippen LogP contribution in [0.5, 0.6) is 5.75 Å². The molecule has 0 fully saturated rings. The standard InChI is InChI=1S/C13H14O6/c1-9(14)18-8-2-3-12(15)19-11-6-4-10(5-7-11)13(16)17/h4-7H,2-3,8H2,1H3,(H,16,17). The van der Waals surface area contributed by atoms with Gasteiger partial charge in [0.1, 0.15) is 5.75 Å². The Morgan fingerprint density at radius 1 is 1.16 bits per heavy atom. The zero-order valence-electron chi connectivity index (χ0n) is 10.4. The van der Waals surface area contributed by atoms with Gasteiger partial charge in [-0.3, -0.25) is 9.59 Å². The molecule has 1 rings (SSSR count). The van der Waals surface area contributed by atoms with Gasteiger partial charge in [-0.2, -0.15) is 0 Å². The molecule has 0 unspecified atom stereocenters. The van der Waals surface area contributed by atoms with Crippen LogP contribution in [0.25, 0.3) is 0 Å². The average molecular weight is 266 g/mol. The van der Waals surface area contributed by atoms with Crippen molar-refractivity contribution in [2.24, 2.45) is 0 Å². The topological polar surface area (TPSA) is 89.9 Å². The van der Waals surface area contributed by atoms with Crippen LogP contribution in [0.3, 0.4) is 0 Å². The van der Waals surface area contributed by atoms with E-state index in [1.165, 1.54) is 31.2 Å². The van der Waals surface area contributed by atoms with Gasteiger partial charge in [0.2, 0.25) is 0 Å². The Bertz CT molecular complexity index is 463. The average Bonchev–Trinajstić information content (AvgIpc) is 2.35. The van der Waals surface area contributed by atoms with Crippen LogP contribution >= 0.6 is 0 Å². The van der Waals surface area contributed by atoms with Crippen molar-refractivity contribution in [3.05, 3.63) is 29.8 Å². The fourth-order valence-electron chi connectivity index (χ4n) is 1.28. The number of carbonyl (C=O) groups is 3. The monoisotopic (exact) mass is 266 g/mol. The molecule has 6 heteroatoms. The Labute approximate surface area is 109 Å². The molecule has 0 spiro atoms. The van der Waals surface area contributed by atoms with E-state index in [1.54, 1.807) is 0 Å². The van der Waals surface area contributed by atoms with Crippen LogP contribution in [0.4, 0.5) is 0 Å². The highest BCUT2D eigenvalue weighted by atomic mass is 16.5. The summed E-state index contributed by atoms with van der Waals surface area (Å²) in [5.74, 6) is -1.62. The van der Waals surface area contributed by atoms with Gasteiger partial charge in [0.15, 0.2) is 0 Å². The highest BCUT2D eigenvalue weighted by Gasteiger charge is 2.07. The van der Waals surface area contributed by atoms with Gasteiger partial charge in [-0.05, 0) is 30.7 Å². The van der Waals surface area contributed by atoms with Crippen molar-refractivity contribution < 1.29 is 29.0 Å². The fourth-order valence-corrected chi connectivity index (χ4v) is 1.28. The lowest BCUT2D eigenvalue weighted by Gasteiger charge is -2.04. The zero-order valence-corrected chi connectivity index (χ0v) is 10.4. The summed E-state index contributed by atoms with van der Waals surface area (Å²) in [4.78, 5) is 32.5. The largest absolute Gasteiger partial charge is 0.478 e. The molecule has 0 aliphatic rings. The third-order valence-electron chi connectivity index (χ3n) is 2.16. The molecule has 0 bridgehead atoms. The van der Waals surface area contributed by atoms with Gasteiger partial charge in [0.05, 0.1) is 12.2 Å². The lowest BCUT2D eigenvalue weighted by Crippen LogP contribution is -2.10. The number of hydrogen-bond acceptors (Lipinski definition) is 5. The maximum Gasteiger partial charge on any atom is 0.335 e. The van der Waals surface area contributed by atoms with E-state index in [0.717, 1.165) is 0 Å². The first kappa shape index (κ1) is 14.7. The van der Waals surface area contributed by atoms with Gasteiger partial charge < -0.3 is 14.6 Å². The number of carboxylic acid groups (broad SMARTS) is 1. The van der Waals surface area contributed by atoms with Crippen LogP contribution in [-0.2, 0) is 14.3 Å². The second-order valence-electron chi connectivity index (χ2n) is 3.75. The summed E-state index contributed by atoms with van der Waals surface area (Å²) >= 11 is 0. The summed E-state index contributed by atoms with van der Waals surface area (Å²) in [5.41, 5.74) is 0.120. The summed E-state index contributed by atoms with van der Waals surface area (Å²) < 4.78 is 9.66. The lowest BCUT2D eigenvalue weighted by atomic mass is 10.2. The van der Waals surface area contributed by atoms with Gasteiger partial charge in [-0.1, -0.05) is 0 Å². The molecule has 0 radical (unpaired) electrons. The minimum Gasteiger partial charge on any atom is -0.478 e. The van der Waals surface area contributed by atoms with Gasteiger partial charge in [0, 0.05) is 13.3 Å². The highest BCUT2D eigenvalue weighted by molar-refractivity contribution is 5.87. The van der Waals surface area contributed by atoms with Crippen molar-refractivity contribution in [3.8, 4) is 5.75 Å². The summed E-state index contributed by atoms with van der Waals surface area (Å²) in [6, 6.07) is 5.52. The molecule has 1 N–H and O–H groups in total. The van der Waals surface area contributed by atoms with E-state index >= 15 is 0 Å². The second-order valence-corrected chi connectivity index (χ2v) is 3.75. The summed E-state index contributed by atoms with van der Waals surface area (Å²) in [7, 11) is 0. The quantitative estimate of drug-likeness (QED) is 0.478. The van der Waals surface area contributed by atoms with Crippen LogP contribution in [-0.4, -0.2) is 29.6 Å². The number of benzene rings is 1. The van der Waals surface area contributed by atoms with Gasteiger partial charge >= 0.3 is 17.9 Å². The van der Waals surface area contributed by atoms with Gasteiger partial charge in [0.25, 0.3) is 0 Å². The van der Waals surface area contributed by atoms with E-state index in [-0.39, 0.29) is 24.3 Å². The van der Waals surface area contributed by atoms with E-state index in [2.05, 4.69) is 4.74 Å². The van der Waals surface area contributed by atoms with Gasteiger partial charge in [-0.15, -0.1) is 0 Å². The van der Waals surface area contributed by atoms with Crippen molar-refractivity contribution in [2.45, 2.75) is 19.8 Å². The molecule has 0 saturated heterocycles. The molecule has 0 aliphatic carbocycles. The molecule has 1 aromatic rings. The first-order valence-electron chi connectivity index (χ1n) is 5.66. The highest BCUT2D eigenvalue weighted by Crippen LogP contribution is 2.13. The Hall–Kier alpha value is -2.37. The van der Waals surface area contributed by atoms with Crippen molar-refractivity contribution in [3.63, 3.8) is 0 Å². The minimum atomic E-state index is -1.04. The third-order valence-corrected chi connectivity index (χ3v) is 2.16. The molecular formula is C13H14O6. The van der Waals surface area contributed by atoms with Crippen molar-refractivity contribution in [2.75, 3.05) is 6.61 Å². The maximum absolute atomic E-state index is 11.4. The Morgan fingerprint density at radius 2 is 1.79 bits per heavy atom. The first-order valence-corrected chi connectivity index (χ1v) is 5.66. The predicted molar refractivity (Wildman–Crippen MR) is 64.9 cm³/mol. The molecule has 0 aliphatic heterocycles. The summed E-state index contributed by atoms with van der Waals surface area (Å²) in [6.45, 7) is 1.46. The van der Waals surface area contributed by atoms with Gasteiger partial charge in [-0.25, -0.2) is 4.79 Å².